The Labute approximate surface area is 191 Å². The van der Waals surface area contributed by atoms with Gasteiger partial charge in [-0.2, -0.15) is 13.2 Å². The molecule has 4 atom stereocenters. The van der Waals surface area contributed by atoms with E-state index in [1.54, 1.807) is 17.0 Å². The van der Waals surface area contributed by atoms with Crippen molar-refractivity contribution >= 4 is 11.7 Å². The van der Waals surface area contributed by atoms with Crippen molar-refractivity contribution in [2.75, 3.05) is 11.9 Å². The van der Waals surface area contributed by atoms with Crippen molar-refractivity contribution in [2.45, 2.75) is 31.1 Å². The van der Waals surface area contributed by atoms with Gasteiger partial charge in [0.1, 0.15) is 11.6 Å². The van der Waals surface area contributed by atoms with Crippen molar-refractivity contribution in [3.8, 4) is 11.4 Å². The summed E-state index contributed by atoms with van der Waals surface area (Å²) < 4.78 is 53.1. The van der Waals surface area contributed by atoms with Crippen molar-refractivity contribution < 1.29 is 22.4 Å². The number of alkyl halides is 3. The molecule has 1 saturated heterocycles. The topological polar surface area (TPSA) is 83.9 Å². The minimum absolute atomic E-state index is 0.00337. The van der Waals surface area contributed by atoms with E-state index in [0.717, 1.165) is 19.0 Å². The molecule has 6 rings (SSSR count). The number of carbonyl (C=O) groups is 1. The van der Waals surface area contributed by atoms with Gasteiger partial charge in [0.2, 0.25) is 0 Å². The first-order chi connectivity index (χ1) is 16.3. The minimum atomic E-state index is -4.56. The van der Waals surface area contributed by atoms with Gasteiger partial charge in [-0.1, -0.05) is 6.07 Å². The standard InChI is InChI=1S/C23H18F4N6O/c24-14-4-1-3-13(18(14)20-28-5-2-6-29-20)21(34)33-11-12-7-22(12)8-15(19(22)33)32-17-10-30-16(9-31-17)23(25,26)27/h1-6,9-10,12,15,19H,7-8,11H2,(H,31,32). The summed E-state index contributed by atoms with van der Waals surface area (Å²) in [5.41, 5.74) is -0.823. The number of hydrogen-bond donors (Lipinski definition) is 1. The summed E-state index contributed by atoms with van der Waals surface area (Å²) in [6, 6.07) is 5.57. The highest BCUT2D eigenvalue weighted by atomic mass is 19.4. The van der Waals surface area contributed by atoms with Crippen LogP contribution >= 0.6 is 0 Å². The molecule has 1 amide bonds. The molecule has 3 heterocycles. The van der Waals surface area contributed by atoms with E-state index in [1.807, 2.05) is 0 Å². The molecule has 3 aliphatic rings. The smallest absolute Gasteiger partial charge is 0.364 e. The van der Waals surface area contributed by atoms with Crippen molar-refractivity contribution in [3.05, 3.63) is 66.1 Å². The lowest BCUT2D eigenvalue weighted by atomic mass is 9.71. The van der Waals surface area contributed by atoms with Gasteiger partial charge in [-0.05, 0) is 42.4 Å². The molecule has 1 aliphatic heterocycles. The molecule has 1 spiro atoms. The number of likely N-dealkylation sites (tertiary alicyclic amines) is 1. The fourth-order valence-electron chi connectivity index (χ4n) is 5.61. The maximum atomic E-state index is 14.8. The molecule has 11 heteroatoms. The largest absolute Gasteiger partial charge is 0.434 e. The van der Waals surface area contributed by atoms with Crippen LogP contribution in [0.4, 0.5) is 23.4 Å². The first-order valence-electron chi connectivity index (χ1n) is 10.8. The molecule has 2 saturated carbocycles. The fourth-order valence-corrected chi connectivity index (χ4v) is 5.61. The summed E-state index contributed by atoms with van der Waals surface area (Å²) >= 11 is 0. The second-order valence-electron chi connectivity index (χ2n) is 9.01. The number of aromatic nitrogens is 4. The van der Waals surface area contributed by atoms with Crippen LogP contribution in [0, 0.1) is 17.2 Å². The number of benzene rings is 1. The molecule has 3 aromatic rings. The average Bonchev–Trinajstić information content (AvgIpc) is 3.47. The number of amides is 1. The van der Waals surface area contributed by atoms with Gasteiger partial charge in [-0.3, -0.25) is 4.79 Å². The second kappa shape index (κ2) is 7.18. The zero-order chi connectivity index (χ0) is 23.7. The molecule has 2 aromatic heterocycles. The van der Waals surface area contributed by atoms with Gasteiger partial charge in [0.25, 0.3) is 5.91 Å². The maximum absolute atomic E-state index is 14.8. The normalized spacial score (nSPS) is 26.9. The van der Waals surface area contributed by atoms with E-state index < -0.39 is 17.7 Å². The summed E-state index contributed by atoms with van der Waals surface area (Å²) in [5.74, 6) is -0.189. The molecular weight excluding hydrogens is 452 g/mol. The van der Waals surface area contributed by atoms with E-state index in [0.29, 0.717) is 18.7 Å². The van der Waals surface area contributed by atoms with Crippen LogP contribution in [-0.4, -0.2) is 49.4 Å². The molecule has 1 N–H and O–H groups in total. The van der Waals surface area contributed by atoms with Crippen molar-refractivity contribution in [1.29, 1.82) is 0 Å². The number of piperidine rings is 1. The first-order valence-corrected chi connectivity index (χ1v) is 10.8. The lowest BCUT2D eigenvalue weighted by Crippen LogP contribution is -2.60. The summed E-state index contributed by atoms with van der Waals surface area (Å²) in [7, 11) is 0. The molecule has 34 heavy (non-hydrogen) atoms. The van der Waals surface area contributed by atoms with Gasteiger partial charge < -0.3 is 10.2 Å². The second-order valence-corrected chi connectivity index (χ2v) is 9.01. The van der Waals surface area contributed by atoms with Crippen LogP contribution in [0.15, 0.2) is 49.1 Å². The molecule has 2 aliphatic carbocycles. The molecule has 1 aromatic carbocycles. The number of anilines is 1. The number of nitrogens with zero attached hydrogens (tertiary/aromatic N) is 5. The third-order valence-electron chi connectivity index (χ3n) is 7.17. The van der Waals surface area contributed by atoms with E-state index in [1.165, 1.54) is 24.5 Å². The Hall–Kier alpha value is -3.63. The molecule has 174 valence electrons. The average molecular weight is 470 g/mol. The Morgan fingerprint density at radius 1 is 1.06 bits per heavy atom. The highest BCUT2D eigenvalue weighted by Gasteiger charge is 2.75. The minimum Gasteiger partial charge on any atom is -0.364 e. The summed E-state index contributed by atoms with van der Waals surface area (Å²) in [6.07, 6.45) is 1.93. The maximum Gasteiger partial charge on any atom is 0.434 e. The van der Waals surface area contributed by atoms with Crippen LogP contribution < -0.4 is 5.32 Å². The third-order valence-corrected chi connectivity index (χ3v) is 7.17. The highest BCUT2D eigenvalue weighted by molar-refractivity contribution is 6.01. The van der Waals surface area contributed by atoms with E-state index in [9.17, 15) is 22.4 Å². The SMILES string of the molecule is O=C(c1cccc(F)c1-c1ncccn1)N1CC2CC23CC(Nc2cnc(C(F)(F)F)cn2)C13. The van der Waals surface area contributed by atoms with Crippen LogP contribution in [-0.2, 0) is 6.18 Å². The van der Waals surface area contributed by atoms with E-state index in [-0.39, 0.29) is 46.2 Å². The third kappa shape index (κ3) is 3.13. The zero-order valence-corrected chi connectivity index (χ0v) is 17.6. The molecule has 0 bridgehead atoms. The Kier molecular flexibility index (Phi) is 4.42. The monoisotopic (exact) mass is 470 g/mol. The van der Waals surface area contributed by atoms with E-state index in [4.69, 9.17) is 0 Å². The molecule has 3 fully saturated rings. The Morgan fingerprint density at radius 3 is 2.56 bits per heavy atom. The Balaban J connectivity index is 1.27. The Bertz CT molecular complexity index is 1270. The van der Waals surface area contributed by atoms with Crippen molar-refractivity contribution in [2.24, 2.45) is 11.3 Å². The number of carbonyl (C=O) groups excluding carboxylic acids is 1. The molecule has 4 unspecified atom stereocenters. The lowest BCUT2D eigenvalue weighted by molar-refractivity contribution is -0.141. The molecular formula is C23H18F4N6O. The quantitative estimate of drug-likeness (QED) is 0.584. The van der Waals surface area contributed by atoms with Gasteiger partial charge in [0.15, 0.2) is 11.5 Å². The first kappa shape index (κ1) is 20.9. The van der Waals surface area contributed by atoms with Gasteiger partial charge in [-0.25, -0.2) is 24.3 Å². The van der Waals surface area contributed by atoms with Crippen LogP contribution in [0.3, 0.4) is 0 Å². The van der Waals surface area contributed by atoms with Crippen molar-refractivity contribution in [1.82, 2.24) is 24.8 Å². The molecule has 7 nitrogen and oxygen atoms in total. The number of halogens is 4. The lowest BCUT2D eigenvalue weighted by Gasteiger charge is -2.48. The summed E-state index contributed by atoms with van der Waals surface area (Å²) in [4.78, 5) is 30.9. The van der Waals surface area contributed by atoms with E-state index in [2.05, 4.69) is 25.3 Å². The summed E-state index contributed by atoms with van der Waals surface area (Å²) in [5, 5.41) is 3.14. The van der Waals surface area contributed by atoms with Crippen LogP contribution in [0.1, 0.15) is 28.9 Å². The number of rotatable bonds is 4. The van der Waals surface area contributed by atoms with Crippen LogP contribution in [0.25, 0.3) is 11.4 Å². The highest BCUT2D eigenvalue weighted by Crippen LogP contribution is 2.71. The van der Waals surface area contributed by atoms with E-state index >= 15 is 0 Å². The predicted molar refractivity (Wildman–Crippen MR) is 112 cm³/mol. The Morgan fingerprint density at radius 2 is 1.85 bits per heavy atom. The van der Waals surface area contributed by atoms with Crippen LogP contribution in [0.5, 0.6) is 0 Å². The van der Waals surface area contributed by atoms with Crippen LogP contribution in [0.2, 0.25) is 0 Å². The summed E-state index contributed by atoms with van der Waals surface area (Å²) in [6.45, 7) is 0.548. The van der Waals surface area contributed by atoms with Gasteiger partial charge >= 0.3 is 6.18 Å². The van der Waals surface area contributed by atoms with Gasteiger partial charge in [-0.15, -0.1) is 0 Å². The van der Waals surface area contributed by atoms with Gasteiger partial charge in [0, 0.05) is 25.0 Å². The zero-order valence-electron chi connectivity index (χ0n) is 17.6. The predicted octanol–water partition coefficient (Wildman–Crippen LogP) is 3.81. The number of nitrogens with one attached hydrogen (secondary N) is 1. The number of hydrogen-bond acceptors (Lipinski definition) is 6. The molecule has 0 radical (unpaired) electrons. The fraction of sp³-hybridized carbons (Fsp3) is 0.348. The van der Waals surface area contributed by atoms with Gasteiger partial charge in [0.05, 0.1) is 29.6 Å². The van der Waals surface area contributed by atoms with Crippen molar-refractivity contribution in [3.63, 3.8) is 0 Å².